The number of aryl methyl sites for hydroxylation is 2. The van der Waals surface area contributed by atoms with Gasteiger partial charge in [-0.2, -0.15) is 0 Å². The minimum Gasteiger partial charge on any atom is -0.339 e. The number of rotatable bonds is 7. The number of hydrogen-bond acceptors (Lipinski definition) is 4. The van der Waals surface area contributed by atoms with Gasteiger partial charge in [-0.1, -0.05) is 37.5 Å². The van der Waals surface area contributed by atoms with Crippen molar-refractivity contribution in [1.29, 1.82) is 0 Å². The van der Waals surface area contributed by atoms with E-state index in [1.54, 1.807) is 13.0 Å². The van der Waals surface area contributed by atoms with Crippen molar-refractivity contribution in [1.82, 2.24) is 24.4 Å². The van der Waals surface area contributed by atoms with Crippen molar-refractivity contribution < 1.29 is 9.59 Å². The zero-order chi connectivity index (χ0) is 29.7. The first-order valence-corrected chi connectivity index (χ1v) is 15.4. The van der Waals surface area contributed by atoms with E-state index >= 15 is 0 Å². The highest BCUT2D eigenvalue weighted by atomic mass is 16.2. The van der Waals surface area contributed by atoms with Crippen molar-refractivity contribution in [2.24, 2.45) is 7.05 Å². The number of imidazole rings is 1. The molecule has 2 saturated carbocycles. The fourth-order valence-electron chi connectivity index (χ4n) is 6.92. The third-order valence-electron chi connectivity index (χ3n) is 9.31. The normalized spacial score (nSPS) is 16.7. The van der Waals surface area contributed by atoms with Crippen LogP contribution in [0.5, 0.6) is 0 Å². The number of pyridine rings is 1. The summed E-state index contributed by atoms with van der Waals surface area (Å²) in [5.74, 6) is 0.791. The largest absolute Gasteiger partial charge is 0.339 e. The van der Waals surface area contributed by atoms with Crippen molar-refractivity contribution in [3.63, 3.8) is 0 Å². The van der Waals surface area contributed by atoms with Crippen molar-refractivity contribution in [3.05, 3.63) is 89.4 Å². The Morgan fingerprint density at radius 2 is 1.81 bits per heavy atom. The average Bonchev–Trinajstić information content (AvgIpc) is 3.64. The Kier molecular flexibility index (Phi) is 6.76. The van der Waals surface area contributed by atoms with E-state index in [0.717, 1.165) is 52.0 Å². The van der Waals surface area contributed by atoms with E-state index in [4.69, 9.17) is 9.97 Å². The molecule has 43 heavy (non-hydrogen) atoms. The molecule has 0 aliphatic heterocycles. The van der Waals surface area contributed by atoms with Gasteiger partial charge >= 0.3 is 0 Å². The fourth-order valence-corrected chi connectivity index (χ4v) is 6.92. The second kappa shape index (κ2) is 10.6. The van der Waals surface area contributed by atoms with Gasteiger partial charge in [0.05, 0.1) is 28.0 Å². The predicted molar refractivity (Wildman–Crippen MR) is 171 cm³/mol. The van der Waals surface area contributed by atoms with Crippen LogP contribution < -0.4 is 5.32 Å². The Morgan fingerprint density at radius 1 is 1.00 bits per heavy atom. The van der Waals surface area contributed by atoms with Crippen LogP contribution in [0.15, 0.2) is 66.9 Å². The first-order chi connectivity index (χ1) is 20.8. The number of amides is 1. The summed E-state index contributed by atoms with van der Waals surface area (Å²) < 4.78 is 4.57. The Morgan fingerprint density at radius 3 is 2.53 bits per heavy atom. The molecule has 0 spiro atoms. The maximum Gasteiger partial charge on any atom is 0.252 e. The van der Waals surface area contributed by atoms with E-state index in [0.29, 0.717) is 11.6 Å². The molecule has 7 heteroatoms. The van der Waals surface area contributed by atoms with Crippen LogP contribution >= 0.6 is 0 Å². The van der Waals surface area contributed by atoms with Gasteiger partial charge in [-0.05, 0) is 99.2 Å². The van der Waals surface area contributed by atoms with E-state index in [2.05, 4.69) is 39.6 Å². The maximum absolute atomic E-state index is 13.8. The lowest BCUT2D eigenvalue weighted by molar-refractivity contribution is -0.112. The molecular weight excluding hydrogens is 534 g/mol. The summed E-state index contributed by atoms with van der Waals surface area (Å²) in [7, 11) is 2.00. The molecule has 7 rings (SSSR count). The van der Waals surface area contributed by atoms with Gasteiger partial charge in [0.25, 0.3) is 5.91 Å². The number of nitrogens with one attached hydrogen (secondary N) is 1. The molecule has 2 aromatic carbocycles. The SMILES string of the molecule is CC(=O)/C=C/c1ccc2nc(C3(NC(=O)c4ccc5c(c4)c(C)c(-c4ccccn4)n5C4CCCCC4)CC3)n(C)c2c1. The number of carbonyl (C=O) groups is 2. The van der Waals surface area contributed by atoms with Crippen molar-refractivity contribution >= 4 is 39.7 Å². The molecule has 0 saturated heterocycles. The molecular formula is C36H37N5O2. The number of carbonyl (C=O) groups excluding carboxylic acids is 2. The molecule has 1 amide bonds. The molecule has 1 N–H and O–H groups in total. The van der Waals surface area contributed by atoms with Gasteiger partial charge in [-0.3, -0.25) is 14.6 Å². The van der Waals surface area contributed by atoms with Gasteiger partial charge in [0.2, 0.25) is 0 Å². The van der Waals surface area contributed by atoms with Gasteiger partial charge < -0.3 is 14.5 Å². The number of allylic oxidation sites excluding steroid dienone is 1. The van der Waals surface area contributed by atoms with Crippen molar-refractivity contribution in [3.8, 4) is 11.4 Å². The predicted octanol–water partition coefficient (Wildman–Crippen LogP) is 7.42. The second-order valence-corrected chi connectivity index (χ2v) is 12.3. The molecule has 5 aromatic rings. The van der Waals surface area contributed by atoms with Crippen LogP contribution in [0.25, 0.3) is 39.4 Å². The monoisotopic (exact) mass is 571 g/mol. The molecule has 2 fully saturated rings. The summed E-state index contributed by atoms with van der Waals surface area (Å²) >= 11 is 0. The third-order valence-corrected chi connectivity index (χ3v) is 9.31. The smallest absolute Gasteiger partial charge is 0.252 e. The lowest BCUT2D eigenvalue weighted by Crippen LogP contribution is -2.36. The standard InChI is InChI=1S/C36H37N5O2/c1-23(42)12-13-25-14-16-29-32(21-25)40(3)35(38-29)36(18-19-36)39-34(43)26-15-17-31-28(22-26)24(2)33(30-11-7-8-20-37-30)41(31)27-9-5-4-6-10-27/h7-8,11-17,20-22,27H,4-6,9-10,18-19H2,1-3H3,(H,39,43)/b13-12+. The van der Waals surface area contributed by atoms with Crippen LogP contribution in [0.4, 0.5) is 0 Å². The maximum atomic E-state index is 13.8. The first kappa shape index (κ1) is 27.3. The number of aromatic nitrogens is 4. The number of nitrogens with zero attached hydrogens (tertiary/aromatic N) is 4. The Hall–Kier alpha value is -4.52. The summed E-state index contributed by atoms with van der Waals surface area (Å²) in [4.78, 5) is 34.9. The molecule has 7 nitrogen and oxygen atoms in total. The van der Waals surface area contributed by atoms with E-state index in [1.807, 2.05) is 55.7 Å². The molecule has 0 unspecified atom stereocenters. The zero-order valence-corrected chi connectivity index (χ0v) is 25.1. The third kappa shape index (κ3) is 4.86. The number of hydrogen-bond donors (Lipinski definition) is 1. The Labute approximate surface area is 251 Å². The van der Waals surface area contributed by atoms with Gasteiger partial charge in [-0.25, -0.2) is 4.98 Å². The highest BCUT2D eigenvalue weighted by Crippen LogP contribution is 2.46. The van der Waals surface area contributed by atoms with Crippen LogP contribution in [0.2, 0.25) is 0 Å². The summed E-state index contributed by atoms with van der Waals surface area (Å²) in [5.41, 5.74) is 7.45. The molecule has 2 aliphatic carbocycles. The average molecular weight is 572 g/mol. The van der Waals surface area contributed by atoms with Gasteiger partial charge in [0, 0.05) is 35.8 Å². The minimum absolute atomic E-state index is 0.0114. The summed E-state index contributed by atoms with van der Waals surface area (Å²) in [6.07, 6.45) is 13.1. The van der Waals surface area contributed by atoms with Gasteiger partial charge in [-0.15, -0.1) is 0 Å². The lowest BCUT2D eigenvalue weighted by atomic mass is 9.95. The molecule has 0 atom stereocenters. The first-order valence-electron chi connectivity index (χ1n) is 15.4. The molecule has 2 aliphatic rings. The fraction of sp³-hybridized carbons (Fsp3) is 0.333. The molecule has 3 heterocycles. The van der Waals surface area contributed by atoms with Gasteiger partial charge in [0.15, 0.2) is 5.78 Å². The number of benzene rings is 2. The van der Waals surface area contributed by atoms with Crippen LogP contribution in [0.3, 0.4) is 0 Å². The number of fused-ring (bicyclic) bond motifs is 2. The molecule has 3 aromatic heterocycles. The van der Waals surface area contributed by atoms with E-state index in [9.17, 15) is 9.59 Å². The highest BCUT2D eigenvalue weighted by molar-refractivity contribution is 6.01. The van der Waals surface area contributed by atoms with Gasteiger partial charge in [0.1, 0.15) is 5.82 Å². The molecule has 0 radical (unpaired) electrons. The summed E-state index contributed by atoms with van der Waals surface area (Å²) in [6, 6.07) is 18.7. The van der Waals surface area contributed by atoms with Crippen LogP contribution in [0, 0.1) is 6.92 Å². The second-order valence-electron chi connectivity index (χ2n) is 12.3. The zero-order valence-electron chi connectivity index (χ0n) is 25.1. The summed E-state index contributed by atoms with van der Waals surface area (Å²) in [5, 5.41) is 4.47. The highest BCUT2D eigenvalue weighted by Gasteiger charge is 2.49. The van der Waals surface area contributed by atoms with Crippen LogP contribution in [0.1, 0.15) is 85.2 Å². The van der Waals surface area contributed by atoms with E-state index in [1.165, 1.54) is 43.2 Å². The van der Waals surface area contributed by atoms with E-state index < -0.39 is 5.54 Å². The topological polar surface area (TPSA) is 81.8 Å². The number of ketones is 1. The van der Waals surface area contributed by atoms with E-state index in [-0.39, 0.29) is 11.7 Å². The Balaban J connectivity index is 1.23. The molecule has 0 bridgehead atoms. The van der Waals surface area contributed by atoms with Crippen molar-refractivity contribution in [2.45, 2.75) is 70.4 Å². The quantitative estimate of drug-likeness (QED) is 0.206. The molecule has 218 valence electrons. The minimum atomic E-state index is -0.489. The summed E-state index contributed by atoms with van der Waals surface area (Å²) in [6.45, 7) is 3.70. The van der Waals surface area contributed by atoms with Crippen LogP contribution in [-0.2, 0) is 17.4 Å². The lowest BCUT2D eigenvalue weighted by Gasteiger charge is -2.26. The van der Waals surface area contributed by atoms with Crippen LogP contribution in [-0.4, -0.2) is 30.8 Å². The Bertz CT molecular complexity index is 1900. The van der Waals surface area contributed by atoms with Crippen molar-refractivity contribution in [2.75, 3.05) is 0 Å².